The van der Waals surface area contributed by atoms with Gasteiger partial charge in [0.15, 0.2) is 0 Å². The van der Waals surface area contributed by atoms with Gasteiger partial charge in [0.2, 0.25) is 11.6 Å². The smallest absolute Gasteiger partial charge is 0.271 e. The van der Waals surface area contributed by atoms with E-state index >= 15 is 0 Å². The molecule has 0 spiro atoms. The van der Waals surface area contributed by atoms with Crippen molar-refractivity contribution in [2.24, 2.45) is 0 Å². The average molecular weight is 404 g/mol. The van der Waals surface area contributed by atoms with Gasteiger partial charge in [-0.2, -0.15) is 0 Å². The summed E-state index contributed by atoms with van der Waals surface area (Å²) in [4.78, 5) is 41.6. The molecule has 27 heavy (non-hydrogen) atoms. The third kappa shape index (κ3) is 2.59. The number of anilines is 2. The Balaban J connectivity index is 1.81. The lowest BCUT2D eigenvalue weighted by Crippen LogP contribution is -2.68. The van der Waals surface area contributed by atoms with E-state index in [9.17, 15) is 14.4 Å². The van der Waals surface area contributed by atoms with Crippen molar-refractivity contribution in [3.05, 3.63) is 58.1 Å². The third-order valence-electron chi connectivity index (χ3n) is 5.03. The molecule has 2 aromatic carbocycles. The maximum atomic E-state index is 13.3. The molecule has 8 heteroatoms. The van der Waals surface area contributed by atoms with Crippen LogP contribution in [0.15, 0.2) is 42.5 Å². The molecule has 4 rings (SSSR count). The number of hydrogen-bond donors (Lipinski definition) is 1. The zero-order valence-electron chi connectivity index (χ0n) is 14.3. The SMILES string of the molecule is CN1C(=O)c2ccccc2N2C(=O)CC[C@@]12C(=O)Nc1cc(Cl)cc(Cl)c1. The van der Waals surface area contributed by atoms with E-state index in [0.717, 1.165) is 0 Å². The number of carbonyl (C=O) groups is 3. The van der Waals surface area contributed by atoms with E-state index in [1.807, 2.05) is 0 Å². The molecular formula is C19H15Cl2N3O3. The highest BCUT2D eigenvalue weighted by Crippen LogP contribution is 2.44. The Kier molecular flexibility index (Phi) is 4.13. The van der Waals surface area contributed by atoms with Crippen LogP contribution < -0.4 is 10.2 Å². The fraction of sp³-hybridized carbons (Fsp3) is 0.211. The summed E-state index contributed by atoms with van der Waals surface area (Å²) in [5.74, 6) is -1.01. The number of nitrogens with zero attached hydrogens (tertiary/aromatic N) is 2. The van der Waals surface area contributed by atoms with Crippen LogP contribution in [0.25, 0.3) is 0 Å². The summed E-state index contributed by atoms with van der Waals surface area (Å²) in [6.45, 7) is 0. The van der Waals surface area contributed by atoms with Crippen molar-refractivity contribution in [3.8, 4) is 0 Å². The van der Waals surface area contributed by atoms with Crippen LogP contribution in [0.4, 0.5) is 11.4 Å². The second-order valence-corrected chi connectivity index (χ2v) is 7.41. The highest BCUT2D eigenvalue weighted by Gasteiger charge is 2.59. The summed E-state index contributed by atoms with van der Waals surface area (Å²) < 4.78 is 0. The number of carbonyl (C=O) groups excluding carboxylic acids is 3. The molecule has 2 aliphatic heterocycles. The van der Waals surface area contributed by atoms with Crippen molar-refractivity contribution in [2.75, 3.05) is 17.3 Å². The van der Waals surface area contributed by atoms with Crippen molar-refractivity contribution >= 4 is 52.3 Å². The highest BCUT2D eigenvalue weighted by molar-refractivity contribution is 6.35. The Hall–Kier alpha value is -2.57. The molecule has 3 amide bonds. The minimum Gasteiger partial charge on any atom is -0.322 e. The molecule has 0 unspecified atom stereocenters. The van der Waals surface area contributed by atoms with Crippen molar-refractivity contribution in [2.45, 2.75) is 18.5 Å². The van der Waals surface area contributed by atoms with E-state index in [-0.39, 0.29) is 24.7 Å². The second kappa shape index (κ2) is 6.25. The molecule has 2 aromatic rings. The Labute approximate surface area is 165 Å². The molecule has 2 aliphatic rings. The first-order valence-electron chi connectivity index (χ1n) is 8.32. The van der Waals surface area contributed by atoms with E-state index in [0.29, 0.717) is 27.0 Å². The third-order valence-corrected chi connectivity index (χ3v) is 5.46. The number of hydrogen-bond acceptors (Lipinski definition) is 3. The second-order valence-electron chi connectivity index (χ2n) is 6.54. The van der Waals surface area contributed by atoms with E-state index in [2.05, 4.69) is 5.32 Å². The van der Waals surface area contributed by atoms with Crippen LogP contribution in [0.3, 0.4) is 0 Å². The first kappa shape index (κ1) is 17.8. The highest BCUT2D eigenvalue weighted by atomic mass is 35.5. The quantitative estimate of drug-likeness (QED) is 0.833. The number of fused-ring (bicyclic) bond motifs is 3. The zero-order valence-corrected chi connectivity index (χ0v) is 15.8. The van der Waals surface area contributed by atoms with Crippen LogP contribution in [0, 0.1) is 0 Å². The van der Waals surface area contributed by atoms with Crippen molar-refractivity contribution < 1.29 is 14.4 Å². The Bertz CT molecular complexity index is 974. The Morgan fingerprint density at radius 2 is 1.78 bits per heavy atom. The van der Waals surface area contributed by atoms with E-state index < -0.39 is 11.6 Å². The molecule has 2 heterocycles. The van der Waals surface area contributed by atoms with Crippen LogP contribution in [0.1, 0.15) is 23.2 Å². The van der Waals surface area contributed by atoms with Crippen molar-refractivity contribution in [1.82, 2.24) is 4.90 Å². The predicted molar refractivity (Wildman–Crippen MR) is 103 cm³/mol. The van der Waals surface area contributed by atoms with Crippen molar-refractivity contribution in [3.63, 3.8) is 0 Å². The predicted octanol–water partition coefficient (Wildman–Crippen LogP) is 3.54. The normalized spacial score (nSPS) is 21.1. The van der Waals surface area contributed by atoms with Gasteiger partial charge in [-0.3, -0.25) is 19.3 Å². The first-order valence-corrected chi connectivity index (χ1v) is 9.08. The molecule has 0 aromatic heterocycles. The first-order chi connectivity index (χ1) is 12.8. The van der Waals surface area contributed by atoms with Gasteiger partial charge < -0.3 is 10.2 Å². The maximum absolute atomic E-state index is 13.3. The number of halogens is 2. The Morgan fingerprint density at radius 3 is 2.48 bits per heavy atom. The molecule has 1 N–H and O–H groups in total. The molecule has 1 atom stereocenters. The molecule has 0 saturated carbocycles. The minimum absolute atomic E-state index is 0.162. The molecule has 1 fully saturated rings. The number of likely N-dealkylation sites (N-methyl/N-ethyl adjacent to an activating group) is 1. The molecule has 0 aliphatic carbocycles. The average Bonchev–Trinajstić information content (AvgIpc) is 2.97. The number of rotatable bonds is 2. The van der Waals surface area contributed by atoms with Gasteiger partial charge in [0.25, 0.3) is 11.8 Å². The molecule has 138 valence electrons. The van der Waals surface area contributed by atoms with Gasteiger partial charge in [0.05, 0.1) is 11.3 Å². The largest absolute Gasteiger partial charge is 0.322 e. The van der Waals surface area contributed by atoms with Gasteiger partial charge in [-0.15, -0.1) is 0 Å². The zero-order chi connectivity index (χ0) is 19.3. The van der Waals surface area contributed by atoms with Gasteiger partial charge in [-0.05, 0) is 30.3 Å². The van der Waals surface area contributed by atoms with Gasteiger partial charge in [-0.1, -0.05) is 35.3 Å². The monoisotopic (exact) mass is 403 g/mol. The molecule has 6 nitrogen and oxygen atoms in total. The lowest BCUT2D eigenvalue weighted by Gasteiger charge is -2.47. The molecular weight excluding hydrogens is 389 g/mol. The minimum atomic E-state index is -1.43. The summed E-state index contributed by atoms with van der Waals surface area (Å²) in [6.07, 6.45) is 0.359. The van der Waals surface area contributed by atoms with Crippen molar-refractivity contribution in [1.29, 1.82) is 0 Å². The van der Waals surface area contributed by atoms with Gasteiger partial charge >= 0.3 is 0 Å². The van der Waals surface area contributed by atoms with Crippen LogP contribution in [0.2, 0.25) is 10.0 Å². The standard InChI is InChI=1S/C19H15Cl2N3O3/c1-23-17(26)14-4-2-3-5-15(14)24-16(25)6-7-19(23,24)18(27)22-13-9-11(20)8-12(21)10-13/h2-5,8-10H,6-7H2,1H3,(H,22,27)/t19-/m1/s1. The maximum Gasteiger partial charge on any atom is 0.271 e. The summed E-state index contributed by atoms with van der Waals surface area (Å²) in [5.41, 5.74) is -0.199. The van der Waals surface area contributed by atoms with Gasteiger partial charge in [0, 0.05) is 35.6 Å². The lowest BCUT2D eigenvalue weighted by atomic mass is 9.96. The Morgan fingerprint density at radius 1 is 1.11 bits per heavy atom. The topological polar surface area (TPSA) is 69.7 Å². The fourth-order valence-corrected chi connectivity index (χ4v) is 4.31. The summed E-state index contributed by atoms with van der Waals surface area (Å²) in [6, 6.07) is 11.5. The van der Waals surface area contributed by atoms with Crippen LogP contribution in [-0.4, -0.2) is 35.3 Å². The van der Waals surface area contributed by atoms with Gasteiger partial charge in [-0.25, -0.2) is 0 Å². The van der Waals surface area contributed by atoms with E-state index in [1.54, 1.807) is 42.5 Å². The summed E-state index contributed by atoms with van der Waals surface area (Å²) in [5, 5.41) is 3.50. The summed E-state index contributed by atoms with van der Waals surface area (Å²) in [7, 11) is 1.54. The fourth-order valence-electron chi connectivity index (χ4n) is 3.79. The van der Waals surface area contributed by atoms with E-state index in [1.165, 1.54) is 16.8 Å². The number of amides is 3. The molecule has 0 bridgehead atoms. The summed E-state index contributed by atoms with van der Waals surface area (Å²) >= 11 is 12.0. The molecule has 0 radical (unpaired) electrons. The van der Waals surface area contributed by atoms with Crippen LogP contribution in [-0.2, 0) is 9.59 Å². The van der Waals surface area contributed by atoms with Gasteiger partial charge in [0.1, 0.15) is 0 Å². The lowest BCUT2D eigenvalue weighted by molar-refractivity contribution is -0.128. The molecule has 1 saturated heterocycles. The number of benzene rings is 2. The van der Waals surface area contributed by atoms with E-state index in [4.69, 9.17) is 23.2 Å². The number of para-hydroxylation sites is 1. The number of nitrogens with one attached hydrogen (secondary N) is 1. The van der Waals surface area contributed by atoms with Crippen LogP contribution >= 0.6 is 23.2 Å². The van der Waals surface area contributed by atoms with Crippen LogP contribution in [0.5, 0.6) is 0 Å².